The quantitative estimate of drug-likeness (QED) is 0.499. The Morgan fingerprint density at radius 1 is 1.48 bits per heavy atom. The zero-order chi connectivity index (χ0) is 18.2. The molecule has 4 N–H and O–H groups in total. The standard InChI is InChI=1S/C14H17ClN4O6/c1-14(9-3-2-7-12(16)17-6-18-19(7)9)11(21)10(20)8(25-14)4-23-13(22)24-5-15/h2-3,6,8,10-11,20-21H,4-5H2,1H3,(H2,16,17,18)/t8-,10-,11-,14+/m1/s1. The van der Waals surface area contributed by atoms with Gasteiger partial charge in [0.2, 0.25) is 0 Å². The molecule has 1 fully saturated rings. The van der Waals surface area contributed by atoms with Gasteiger partial charge in [-0.25, -0.2) is 14.3 Å². The highest BCUT2D eigenvalue weighted by molar-refractivity contribution is 6.17. The summed E-state index contributed by atoms with van der Waals surface area (Å²) in [5.74, 6) is 0.265. The second-order valence-corrected chi connectivity index (χ2v) is 5.89. The summed E-state index contributed by atoms with van der Waals surface area (Å²) in [7, 11) is 0. The minimum Gasteiger partial charge on any atom is -0.431 e. The molecule has 0 aromatic carbocycles. The number of aromatic nitrogens is 3. The third-order valence-corrected chi connectivity index (χ3v) is 4.30. The number of hydrogen-bond donors (Lipinski definition) is 3. The monoisotopic (exact) mass is 372 g/mol. The molecule has 11 heteroatoms. The Morgan fingerprint density at radius 3 is 2.96 bits per heavy atom. The Kier molecular flexibility index (Phi) is 4.69. The number of carbonyl (C=O) groups excluding carboxylic acids is 1. The maximum Gasteiger partial charge on any atom is 0.509 e. The molecule has 3 rings (SSSR count). The SMILES string of the molecule is C[C@@]1(c2ccc3c(N)ncnn23)O[C@H](COC(=O)OCCl)[C@@H](O)[C@H]1O. The van der Waals surface area contributed by atoms with Gasteiger partial charge in [0.15, 0.2) is 11.9 Å². The van der Waals surface area contributed by atoms with E-state index < -0.39 is 30.1 Å². The number of alkyl halides is 1. The van der Waals surface area contributed by atoms with E-state index in [2.05, 4.69) is 14.8 Å². The number of nitrogens with two attached hydrogens (primary N) is 1. The summed E-state index contributed by atoms with van der Waals surface area (Å²) in [6.45, 7) is 1.28. The van der Waals surface area contributed by atoms with Crippen molar-refractivity contribution in [2.24, 2.45) is 0 Å². The molecule has 2 aromatic heterocycles. The lowest BCUT2D eigenvalue weighted by Crippen LogP contribution is -2.39. The molecule has 0 radical (unpaired) electrons. The topological polar surface area (TPSA) is 141 Å². The van der Waals surface area contributed by atoms with Crippen LogP contribution in [0.4, 0.5) is 10.6 Å². The smallest absolute Gasteiger partial charge is 0.431 e. The molecule has 1 saturated heterocycles. The van der Waals surface area contributed by atoms with E-state index in [0.717, 1.165) is 0 Å². The van der Waals surface area contributed by atoms with Gasteiger partial charge < -0.3 is 30.2 Å². The van der Waals surface area contributed by atoms with Gasteiger partial charge in [0.05, 0.1) is 5.69 Å². The van der Waals surface area contributed by atoms with E-state index >= 15 is 0 Å². The van der Waals surface area contributed by atoms with Crippen LogP contribution in [0.5, 0.6) is 0 Å². The van der Waals surface area contributed by atoms with Crippen LogP contribution in [0.1, 0.15) is 12.6 Å². The van der Waals surface area contributed by atoms with Gasteiger partial charge in [0.25, 0.3) is 0 Å². The number of hydrogen-bond acceptors (Lipinski definition) is 9. The van der Waals surface area contributed by atoms with Crippen molar-refractivity contribution in [3.63, 3.8) is 0 Å². The second kappa shape index (κ2) is 6.64. The number of ether oxygens (including phenoxy) is 3. The van der Waals surface area contributed by atoms with Crippen molar-refractivity contribution in [2.75, 3.05) is 18.4 Å². The van der Waals surface area contributed by atoms with Crippen LogP contribution >= 0.6 is 11.6 Å². The lowest BCUT2D eigenvalue weighted by Gasteiger charge is -2.27. The molecule has 2 aromatic rings. The van der Waals surface area contributed by atoms with Crippen LogP contribution in [0.15, 0.2) is 18.5 Å². The average molecular weight is 373 g/mol. The van der Waals surface area contributed by atoms with Gasteiger partial charge in [-0.05, 0) is 19.1 Å². The molecule has 136 valence electrons. The molecule has 0 spiro atoms. The fraction of sp³-hybridized carbons (Fsp3) is 0.500. The maximum absolute atomic E-state index is 11.2. The van der Waals surface area contributed by atoms with Crippen LogP contribution in [0, 0.1) is 0 Å². The molecule has 0 bridgehead atoms. The third kappa shape index (κ3) is 2.97. The van der Waals surface area contributed by atoms with E-state index in [1.807, 2.05) is 0 Å². The van der Waals surface area contributed by atoms with Crippen LogP contribution in [0.25, 0.3) is 5.52 Å². The van der Waals surface area contributed by atoms with Crippen LogP contribution in [0.3, 0.4) is 0 Å². The molecule has 1 aliphatic rings. The highest BCUT2D eigenvalue weighted by atomic mass is 35.5. The number of nitrogens with zero attached hydrogens (tertiary/aromatic N) is 3. The van der Waals surface area contributed by atoms with E-state index in [-0.39, 0.29) is 18.5 Å². The number of aliphatic hydroxyl groups is 2. The van der Waals surface area contributed by atoms with Crippen LogP contribution < -0.4 is 5.73 Å². The van der Waals surface area contributed by atoms with Gasteiger partial charge in [0.1, 0.15) is 42.4 Å². The lowest BCUT2D eigenvalue weighted by molar-refractivity contribution is -0.0932. The molecule has 25 heavy (non-hydrogen) atoms. The molecule has 3 heterocycles. The minimum absolute atomic E-state index is 0.265. The summed E-state index contributed by atoms with van der Waals surface area (Å²) in [4.78, 5) is 15.1. The molecule has 0 aliphatic carbocycles. The Bertz CT molecular complexity index is 786. The van der Waals surface area contributed by atoms with Gasteiger partial charge in [-0.2, -0.15) is 5.10 Å². The normalized spacial score (nSPS) is 29.0. The van der Waals surface area contributed by atoms with E-state index in [9.17, 15) is 15.0 Å². The summed E-state index contributed by atoms with van der Waals surface area (Å²) >= 11 is 5.26. The van der Waals surface area contributed by atoms with Gasteiger partial charge in [-0.3, -0.25) is 0 Å². The lowest BCUT2D eigenvalue weighted by atomic mass is 9.93. The molecule has 0 unspecified atom stereocenters. The highest BCUT2D eigenvalue weighted by Gasteiger charge is 2.54. The predicted octanol–water partition coefficient (Wildman–Crippen LogP) is -0.00320. The Labute approximate surface area is 147 Å². The van der Waals surface area contributed by atoms with E-state index in [4.69, 9.17) is 26.8 Å². The summed E-state index contributed by atoms with van der Waals surface area (Å²) in [5, 5.41) is 24.9. The van der Waals surface area contributed by atoms with Gasteiger partial charge in [0, 0.05) is 0 Å². The first kappa shape index (κ1) is 17.7. The third-order valence-electron chi connectivity index (χ3n) is 4.19. The molecular formula is C14H17ClN4O6. The molecule has 0 amide bonds. The number of aliphatic hydroxyl groups excluding tert-OH is 2. The Morgan fingerprint density at radius 2 is 2.24 bits per heavy atom. The first-order chi connectivity index (χ1) is 11.9. The molecule has 10 nitrogen and oxygen atoms in total. The number of rotatable bonds is 4. The number of fused-ring (bicyclic) bond motifs is 1. The fourth-order valence-corrected chi connectivity index (χ4v) is 2.98. The number of halogens is 1. The molecule has 4 atom stereocenters. The van der Waals surface area contributed by atoms with Crippen molar-refractivity contribution in [3.05, 3.63) is 24.2 Å². The van der Waals surface area contributed by atoms with Crippen LogP contribution in [-0.2, 0) is 19.8 Å². The number of nitrogen functional groups attached to an aromatic ring is 1. The summed E-state index contributed by atoms with van der Waals surface area (Å²) < 4.78 is 16.5. The zero-order valence-corrected chi connectivity index (χ0v) is 14.0. The second-order valence-electron chi connectivity index (χ2n) is 5.67. The van der Waals surface area contributed by atoms with Crippen molar-refractivity contribution >= 4 is 29.1 Å². The zero-order valence-electron chi connectivity index (χ0n) is 13.2. The predicted molar refractivity (Wildman–Crippen MR) is 84.8 cm³/mol. The number of anilines is 1. The first-order valence-corrected chi connectivity index (χ1v) is 7.90. The van der Waals surface area contributed by atoms with Gasteiger partial charge in [-0.1, -0.05) is 11.6 Å². The summed E-state index contributed by atoms with van der Waals surface area (Å²) in [5.41, 5.74) is 5.50. The van der Waals surface area contributed by atoms with Crippen molar-refractivity contribution in [2.45, 2.75) is 30.8 Å². The minimum atomic E-state index is -1.31. The van der Waals surface area contributed by atoms with Crippen LogP contribution in [-0.4, -0.2) is 62.0 Å². The van der Waals surface area contributed by atoms with E-state index in [1.165, 1.54) is 10.8 Å². The van der Waals surface area contributed by atoms with Crippen molar-refractivity contribution in [3.8, 4) is 0 Å². The van der Waals surface area contributed by atoms with Crippen molar-refractivity contribution in [1.82, 2.24) is 14.6 Å². The maximum atomic E-state index is 11.2. The molecule has 1 aliphatic heterocycles. The van der Waals surface area contributed by atoms with E-state index in [1.54, 1.807) is 19.1 Å². The van der Waals surface area contributed by atoms with Gasteiger partial charge >= 0.3 is 6.16 Å². The van der Waals surface area contributed by atoms with Crippen molar-refractivity contribution in [1.29, 1.82) is 0 Å². The van der Waals surface area contributed by atoms with E-state index in [0.29, 0.717) is 11.2 Å². The Balaban J connectivity index is 1.85. The van der Waals surface area contributed by atoms with Crippen molar-refractivity contribution < 1.29 is 29.2 Å². The summed E-state index contributed by atoms with van der Waals surface area (Å²) in [6, 6.07) is 2.99. The van der Waals surface area contributed by atoms with Gasteiger partial charge in [-0.15, -0.1) is 0 Å². The van der Waals surface area contributed by atoms with Crippen LogP contribution in [0.2, 0.25) is 0 Å². The Hall–Kier alpha value is -2.14. The summed E-state index contributed by atoms with van der Waals surface area (Å²) in [6.07, 6.45) is -3.27. The molecular weight excluding hydrogens is 356 g/mol. The fourth-order valence-electron chi connectivity index (χ4n) is 2.89. The number of carbonyl (C=O) groups is 1. The first-order valence-electron chi connectivity index (χ1n) is 7.36. The highest BCUT2D eigenvalue weighted by Crippen LogP contribution is 2.40. The largest absolute Gasteiger partial charge is 0.509 e. The average Bonchev–Trinajstić information content (AvgIpc) is 3.11. The molecule has 0 saturated carbocycles.